The van der Waals surface area contributed by atoms with Gasteiger partial charge in [-0.25, -0.2) is 8.42 Å². The Hall–Kier alpha value is -1.18. The number of hydrogen-bond donors (Lipinski definition) is 0. The van der Waals surface area contributed by atoms with Crippen LogP contribution in [-0.4, -0.2) is 21.8 Å². The first-order valence-electron chi connectivity index (χ1n) is 5.73. The standard InChI is InChI=1S/C14H10Br2O4S/c1-20-13-6-9(8-17)5-12(16)14(13)21(18,19)11-4-2-3-10(15)7-11/h2-8H,1H3. The predicted octanol–water partition coefficient (Wildman–Crippen LogP) is 3.87. The molecule has 7 heteroatoms. The summed E-state index contributed by atoms with van der Waals surface area (Å²) in [5, 5.41) is 0. The Labute approximate surface area is 139 Å². The number of sulfone groups is 1. The molecule has 0 aliphatic rings. The van der Waals surface area contributed by atoms with Gasteiger partial charge in [0.25, 0.3) is 0 Å². The van der Waals surface area contributed by atoms with Crippen LogP contribution in [0.15, 0.2) is 55.1 Å². The lowest BCUT2D eigenvalue weighted by Gasteiger charge is -2.12. The summed E-state index contributed by atoms with van der Waals surface area (Å²) in [5.41, 5.74) is 0.326. The van der Waals surface area contributed by atoms with Crippen molar-refractivity contribution in [2.24, 2.45) is 0 Å². The Bertz CT molecular complexity index is 801. The van der Waals surface area contributed by atoms with E-state index in [4.69, 9.17) is 4.74 Å². The third kappa shape index (κ3) is 3.20. The molecule has 0 unspecified atom stereocenters. The maximum absolute atomic E-state index is 12.8. The molecule has 2 aromatic rings. The first-order valence-corrected chi connectivity index (χ1v) is 8.80. The molecule has 2 rings (SSSR count). The third-order valence-corrected chi connectivity index (χ3v) is 5.98. The van der Waals surface area contributed by atoms with Crippen LogP contribution in [0.1, 0.15) is 10.4 Å². The summed E-state index contributed by atoms with van der Waals surface area (Å²) in [7, 11) is -2.42. The Morgan fingerprint density at radius 3 is 2.43 bits per heavy atom. The highest BCUT2D eigenvalue weighted by molar-refractivity contribution is 9.10. The van der Waals surface area contributed by atoms with E-state index in [1.165, 1.54) is 31.4 Å². The largest absolute Gasteiger partial charge is 0.495 e. The number of ether oxygens (including phenoxy) is 1. The van der Waals surface area contributed by atoms with Gasteiger partial charge in [0.05, 0.1) is 12.0 Å². The van der Waals surface area contributed by atoms with Crippen LogP contribution in [0.2, 0.25) is 0 Å². The zero-order chi connectivity index (χ0) is 15.6. The molecule has 110 valence electrons. The summed E-state index contributed by atoms with van der Waals surface area (Å²) < 4.78 is 31.6. The molecule has 0 saturated carbocycles. The van der Waals surface area contributed by atoms with Crippen molar-refractivity contribution in [3.8, 4) is 5.75 Å². The number of hydrogen-bond acceptors (Lipinski definition) is 4. The Kier molecular flexibility index (Phi) is 4.85. The second kappa shape index (κ2) is 6.29. The van der Waals surface area contributed by atoms with E-state index in [2.05, 4.69) is 31.9 Å². The molecule has 0 spiro atoms. The molecule has 0 aliphatic carbocycles. The molecule has 0 fully saturated rings. The van der Waals surface area contributed by atoms with Crippen molar-refractivity contribution in [3.63, 3.8) is 0 Å². The summed E-state index contributed by atoms with van der Waals surface area (Å²) in [6.45, 7) is 0. The predicted molar refractivity (Wildman–Crippen MR) is 85.7 cm³/mol. The van der Waals surface area contributed by atoms with Crippen LogP contribution < -0.4 is 4.74 Å². The lowest BCUT2D eigenvalue weighted by atomic mass is 10.2. The SMILES string of the molecule is COc1cc(C=O)cc(Br)c1S(=O)(=O)c1cccc(Br)c1. The van der Waals surface area contributed by atoms with Crippen molar-refractivity contribution >= 4 is 48.0 Å². The quantitative estimate of drug-likeness (QED) is 0.686. The molecule has 0 heterocycles. The molecule has 0 radical (unpaired) electrons. The zero-order valence-electron chi connectivity index (χ0n) is 10.8. The number of aldehydes is 1. The molecule has 0 aliphatic heterocycles. The number of halogens is 2. The Morgan fingerprint density at radius 1 is 1.14 bits per heavy atom. The summed E-state index contributed by atoms with van der Waals surface area (Å²) in [6.07, 6.45) is 0.628. The van der Waals surface area contributed by atoms with Gasteiger partial charge >= 0.3 is 0 Å². The van der Waals surface area contributed by atoms with E-state index in [-0.39, 0.29) is 20.0 Å². The van der Waals surface area contributed by atoms with Gasteiger partial charge in [-0.15, -0.1) is 0 Å². The van der Waals surface area contributed by atoms with Crippen LogP contribution in [0.25, 0.3) is 0 Å². The minimum absolute atomic E-state index is 0.00583. The summed E-state index contributed by atoms with van der Waals surface area (Å²) in [5.74, 6) is 0.117. The fourth-order valence-electron chi connectivity index (χ4n) is 1.82. The number of carbonyl (C=O) groups excluding carboxylic acids is 1. The highest BCUT2D eigenvalue weighted by Crippen LogP contribution is 2.37. The molecule has 4 nitrogen and oxygen atoms in total. The highest BCUT2D eigenvalue weighted by atomic mass is 79.9. The minimum atomic E-state index is -3.78. The van der Waals surface area contributed by atoms with Crippen LogP contribution in [-0.2, 0) is 9.84 Å². The van der Waals surface area contributed by atoms with Gasteiger partial charge in [0.15, 0.2) is 0 Å². The second-order valence-electron chi connectivity index (χ2n) is 4.11. The van der Waals surface area contributed by atoms with Gasteiger partial charge in [-0.2, -0.15) is 0 Å². The van der Waals surface area contributed by atoms with Crippen LogP contribution >= 0.6 is 31.9 Å². The summed E-state index contributed by atoms with van der Waals surface area (Å²) in [4.78, 5) is 11.0. The number of benzene rings is 2. The van der Waals surface area contributed by atoms with E-state index >= 15 is 0 Å². The van der Waals surface area contributed by atoms with E-state index in [0.717, 1.165) is 0 Å². The van der Waals surface area contributed by atoms with E-state index in [9.17, 15) is 13.2 Å². The fraction of sp³-hybridized carbons (Fsp3) is 0.0714. The average Bonchev–Trinajstić information content (AvgIpc) is 2.45. The lowest BCUT2D eigenvalue weighted by molar-refractivity contribution is 0.112. The van der Waals surface area contributed by atoms with Gasteiger partial charge in [0.1, 0.15) is 16.9 Å². The molecule has 0 bridgehead atoms. The van der Waals surface area contributed by atoms with E-state index in [1.54, 1.807) is 12.1 Å². The van der Waals surface area contributed by atoms with Crippen molar-refractivity contribution in [2.75, 3.05) is 7.11 Å². The van der Waals surface area contributed by atoms with Crippen molar-refractivity contribution in [2.45, 2.75) is 9.79 Å². The first-order chi connectivity index (χ1) is 9.90. The topological polar surface area (TPSA) is 60.4 Å². The van der Waals surface area contributed by atoms with Gasteiger partial charge in [-0.05, 0) is 46.3 Å². The summed E-state index contributed by atoms with van der Waals surface area (Å²) in [6, 6.07) is 9.22. The summed E-state index contributed by atoms with van der Waals surface area (Å²) >= 11 is 6.45. The highest BCUT2D eigenvalue weighted by Gasteiger charge is 2.26. The van der Waals surface area contributed by atoms with Gasteiger partial charge in [0.2, 0.25) is 9.84 Å². The third-order valence-electron chi connectivity index (χ3n) is 2.76. The monoisotopic (exact) mass is 432 g/mol. The molecule has 21 heavy (non-hydrogen) atoms. The number of rotatable bonds is 4. The molecule has 0 N–H and O–H groups in total. The van der Waals surface area contributed by atoms with E-state index in [0.29, 0.717) is 16.3 Å². The molecular weight excluding hydrogens is 424 g/mol. The normalized spacial score (nSPS) is 11.2. The first kappa shape index (κ1) is 16.2. The molecule has 0 aromatic heterocycles. The van der Waals surface area contributed by atoms with Crippen molar-refractivity contribution < 1.29 is 17.9 Å². The van der Waals surface area contributed by atoms with Gasteiger partial charge in [-0.3, -0.25) is 4.79 Å². The molecule has 0 amide bonds. The van der Waals surface area contributed by atoms with Gasteiger partial charge < -0.3 is 4.74 Å². The van der Waals surface area contributed by atoms with Gasteiger partial charge in [0, 0.05) is 14.5 Å². The van der Waals surface area contributed by atoms with Crippen LogP contribution in [0.4, 0.5) is 0 Å². The van der Waals surface area contributed by atoms with Crippen LogP contribution in [0, 0.1) is 0 Å². The fourth-order valence-corrected chi connectivity index (χ4v) is 4.97. The molecule has 0 saturated heterocycles. The smallest absolute Gasteiger partial charge is 0.211 e. The van der Waals surface area contributed by atoms with Crippen molar-refractivity contribution in [3.05, 3.63) is 50.9 Å². The maximum atomic E-state index is 12.8. The second-order valence-corrected chi connectivity index (χ2v) is 7.77. The lowest BCUT2D eigenvalue weighted by Crippen LogP contribution is -2.06. The van der Waals surface area contributed by atoms with Crippen LogP contribution in [0.5, 0.6) is 5.75 Å². The maximum Gasteiger partial charge on any atom is 0.211 e. The molecule has 0 atom stereocenters. The van der Waals surface area contributed by atoms with Crippen LogP contribution in [0.3, 0.4) is 0 Å². The van der Waals surface area contributed by atoms with Crippen molar-refractivity contribution in [1.29, 1.82) is 0 Å². The van der Waals surface area contributed by atoms with Crippen molar-refractivity contribution in [1.82, 2.24) is 0 Å². The van der Waals surface area contributed by atoms with E-state index < -0.39 is 9.84 Å². The number of methoxy groups -OCH3 is 1. The zero-order valence-corrected chi connectivity index (χ0v) is 14.8. The number of carbonyl (C=O) groups is 1. The minimum Gasteiger partial charge on any atom is -0.495 e. The van der Waals surface area contributed by atoms with E-state index in [1.807, 2.05) is 0 Å². The molecule has 2 aromatic carbocycles. The molecular formula is C14H10Br2O4S. The Morgan fingerprint density at radius 2 is 1.86 bits per heavy atom. The Balaban J connectivity index is 2.73. The van der Waals surface area contributed by atoms with Gasteiger partial charge in [-0.1, -0.05) is 22.0 Å². The average molecular weight is 434 g/mol.